The maximum atomic E-state index is 13.2. The SMILES string of the molecule is CCCCNC(=O)C(c1ccc(C)cc1)N(C(=O)CNC(=O)OC(C)(C)C)C1CC1C. The molecule has 1 aromatic rings. The summed E-state index contributed by atoms with van der Waals surface area (Å²) in [4.78, 5) is 40.1. The largest absolute Gasteiger partial charge is 0.444 e. The highest BCUT2D eigenvalue weighted by Gasteiger charge is 2.46. The van der Waals surface area contributed by atoms with E-state index in [1.807, 2.05) is 31.2 Å². The topological polar surface area (TPSA) is 87.7 Å². The van der Waals surface area contributed by atoms with E-state index in [4.69, 9.17) is 4.74 Å². The van der Waals surface area contributed by atoms with Crippen LogP contribution >= 0.6 is 0 Å². The van der Waals surface area contributed by atoms with Gasteiger partial charge in [0.2, 0.25) is 11.8 Å². The van der Waals surface area contributed by atoms with Gasteiger partial charge in [-0.15, -0.1) is 0 Å². The van der Waals surface area contributed by atoms with Gasteiger partial charge in [0.15, 0.2) is 0 Å². The van der Waals surface area contributed by atoms with Gasteiger partial charge in [0, 0.05) is 12.6 Å². The Kier molecular flexibility index (Phi) is 8.48. The number of ether oxygens (including phenoxy) is 1. The lowest BCUT2D eigenvalue weighted by Crippen LogP contribution is -2.49. The summed E-state index contributed by atoms with van der Waals surface area (Å²) >= 11 is 0. The molecule has 3 unspecified atom stereocenters. The Hall–Kier alpha value is -2.57. The van der Waals surface area contributed by atoms with Crippen LogP contribution in [0.4, 0.5) is 4.79 Å². The second-order valence-corrected chi connectivity index (χ2v) is 9.39. The molecular weight excluding hydrogens is 394 g/mol. The van der Waals surface area contributed by atoms with Gasteiger partial charge >= 0.3 is 6.09 Å². The Balaban J connectivity index is 2.24. The summed E-state index contributed by atoms with van der Waals surface area (Å²) in [6.45, 7) is 11.7. The monoisotopic (exact) mass is 431 g/mol. The van der Waals surface area contributed by atoms with Crippen molar-refractivity contribution >= 4 is 17.9 Å². The van der Waals surface area contributed by atoms with Crippen molar-refractivity contribution in [2.75, 3.05) is 13.1 Å². The van der Waals surface area contributed by atoms with Crippen LogP contribution in [0.25, 0.3) is 0 Å². The number of nitrogens with zero attached hydrogens (tertiary/aromatic N) is 1. The molecule has 31 heavy (non-hydrogen) atoms. The van der Waals surface area contributed by atoms with E-state index in [0.717, 1.165) is 30.4 Å². The highest BCUT2D eigenvalue weighted by atomic mass is 16.6. The van der Waals surface area contributed by atoms with Gasteiger partial charge in [-0.3, -0.25) is 9.59 Å². The normalized spacial score (nSPS) is 18.6. The molecule has 0 aromatic heterocycles. The molecular formula is C24H37N3O4. The fourth-order valence-electron chi connectivity index (χ4n) is 3.44. The molecule has 1 aliphatic carbocycles. The Morgan fingerprint density at radius 2 is 1.77 bits per heavy atom. The molecule has 0 saturated heterocycles. The van der Waals surface area contributed by atoms with E-state index in [9.17, 15) is 14.4 Å². The van der Waals surface area contributed by atoms with Crippen molar-refractivity contribution < 1.29 is 19.1 Å². The number of alkyl carbamates (subject to hydrolysis) is 1. The average Bonchev–Trinajstić information content (AvgIpc) is 3.39. The smallest absolute Gasteiger partial charge is 0.408 e. The molecule has 1 aromatic carbocycles. The van der Waals surface area contributed by atoms with Crippen LogP contribution in [0.1, 0.15) is 71.0 Å². The van der Waals surface area contributed by atoms with Gasteiger partial charge in [-0.2, -0.15) is 0 Å². The van der Waals surface area contributed by atoms with E-state index in [2.05, 4.69) is 24.5 Å². The zero-order chi connectivity index (χ0) is 23.2. The summed E-state index contributed by atoms with van der Waals surface area (Å²) in [5.41, 5.74) is 1.20. The van der Waals surface area contributed by atoms with Crippen molar-refractivity contribution in [3.8, 4) is 0 Å². The number of unbranched alkanes of at least 4 members (excludes halogenated alkanes) is 1. The molecule has 1 aliphatic rings. The number of hydrogen-bond donors (Lipinski definition) is 2. The molecule has 3 atom stereocenters. The van der Waals surface area contributed by atoms with Crippen LogP contribution < -0.4 is 10.6 Å². The first kappa shape index (κ1) is 24.7. The molecule has 1 saturated carbocycles. The second kappa shape index (κ2) is 10.6. The third kappa shape index (κ3) is 7.56. The van der Waals surface area contributed by atoms with Crippen LogP contribution in [0.3, 0.4) is 0 Å². The average molecular weight is 432 g/mol. The van der Waals surface area contributed by atoms with Gasteiger partial charge in [-0.05, 0) is 52.0 Å². The van der Waals surface area contributed by atoms with E-state index in [1.165, 1.54) is 0 Å². The van der Waals surface area contributed by atoms with E-state index in [-0.39, 0.29) is 24.4 Å². The first-order valence-corrected chi connectivity index (χ1v) is 11.2. The number of carbonyl (C=O) groups excluding carboxylic acids is 3. The standard InChI is InChI=1S/C24H37N3O4/c1-7-8-13-25-22(29)21(18-11-9-16(2)10-12-18)27(19-14-17(19)3)20(28)15-26-23(30)31-24(4,5)6/h9-12,17,19,21H,7-8,13-15H2,1-6H3,(H,25,29)(H,26,30). The van der Waals surface area contributed by atoms with Gasteiger partial charge in [0.05, 0.1) is 0 Å². The summed E-state index contributed by atoms with van der Waals surface area (Å²) < 4.78 is 5.24. The number of carbonyl (C=O) groups is 3. The van der Waals surface area contributed by atoms with Gasteiger partial charge in [-0.1, -0.05) is 50.1 Å². The lowest BCUT2D eigenvalue weighted by Gasteiger charge is -2.32. The first-order valence-electron chi connectivity index (χ1n) is 11.2. The minimum atomic E-state index is -0.736. The van der Waals surface area contributed by atoms with Gasteiger partial charge in [0.1, 0.15) is 18.2 Å². The van der Waals surface area contributed by atoms with E-state index >= 15 is 0 Å². The number of amides is 3. The predicted octanol–water partition coefficient (Wildman–Crippen LogP) is 3.71. The van der Waals surface area contributed by atoms with E-state index in [1.54, 1.807) is 25.7 Å². The Bertz CT molecular complexity index is 770. The second-order valence-electron chi connectivity index (χ2n) is 9.39. The Morgan fingerprint density at radius 3 is 2.29 bits per heavy atom. The molecule has 0 spiro atoms. The molecule has 0 bridgehead atoms. The summed E-state index contributed by atoms with van der Waals surface area (Å²) in [6, 6.07) is 6.91. The maximum absolute atomic E-state index is 13.2. The third-order valence-electron chi connectivity index (χ3n) is 5.24. The summed E-state index contributed by atoms with van der Waals surface area (Å²) in [5, 5.41) is 5.52. The van der Waals surface area contributed by atoms with Crippen LogP contribution in [-0.2, 0) is 14.3 Å². The van der Waals surface area contributed by atoms with Gasteiger partial charge < -0.3 is 20.3 Å². The number of rotatable bonds is 9. The van der Waals surface area contributed by atoms with Crippen molar-refractivity contribution in [1.82, 2.24) is 15.5 Å². The molecule has 2 N–H and O–H groups in total. The van der Waals surface area contributed by atoms with Crippen molar-refractivity contribution in [2.24, 2.45) is 5.92 Å². The molecule has 0 aliphatic heterocycles. The van der Waals surface area contributed by atoms with Crippen molar-refractivity contribution in [3.63, 3.8) is 0 Å². The molecule has 2 rings (SSSR count). The summed E-state index contributed by atoms with van der Waals surface area (Å²) in [7, 11) is 0. The van der Waals surface area contributed by atoms with Crippen LogP contribution in [0.2, 0.25) is 0 Å². The van der Waals surface area contributed by atoms with Crippen LogP contribution in [-0.4, -0.2) is 47.5 Å². The fraction of sp³-hybridized carbons (Fsp3) is 0.625. The molecule has 3 amide bonds. The lowest BCUT2D eigenvalue weighted by atomic mass is 10.0. The fourth-order valence-corrected chi connectivity index (χ4v) is 3.44. The van der Waals surface area contributed by atoms with Crippen molar-refractivity contribution in [1.29, 1.82) is 0 Å². The Morgan fingerprint density at radius 1 is 1.16 bits per heavy atom. The van der Waals surface area contributed by atoms with Crippen LogP contribution in [0.15, 0.2) is 24.3 Å². The molecule has 172 valence electrons. The number of aryl methyl sites for hydroxylation is 1. The predicted molar refractivity (Wildman–Crippen MR) is 120 cm³/mol. The zero-order valence-electron chi connectivity index (χ0n) is 19.7. The van der Waals surface area contributed by atoms with Crippen LogP contribution in [0.5, 0.6) is 0 Å². The molecule has 0 heterocycles. The first-order chi connectivity index (χ1) is 14.5. The van der Waals surface area contributed by atoms with Crippen molar-refractivity contribution in [3.05, 3.63) is 35.4 Å². The van der Waals surface area contributed by atoms with Crippen molar-refractivity contribution in [2.45, 2.75) is 78.5 Å². The third-order valence-corrected chi connectivity index (χ3v) is 5.24. The molecule has 7 heteroatoms. The summed E-state index contributed by atoms with van der Waals surface area (Å²) in [6.07, 6.45) is 2.03. The number of benzene rings is 1. The molecule has 0 radical (unpaired) electrons. The zero-order valence-corrected chi connectivity index (χ0v) is 19.7. The minimum absolute atomic E-state index is 0.0313. The Labute approximate surface area is 185 Å². The van der Waals surface area contributed by atoms with Gasteiger partial charge in [0.25, 0.3) is 0 Å². The van der Waals surface area contributed by atoms with Crippen LogP contribution in [0, 0.1) is 12.8 Å². The molecule has 1 fully saturated rings. The minimum Gasteiger partial charge on any atom is -0.444 e. The number of hydrogen-bond acceptors (Lipinski definition) is 4. The van der Waals surface area contributed by atoms with E-state index in [0.29, 0.717) is 12.5 Å². The lowest BCUT2D eigenvalue weighted by molar-refractivity contribution is -0.141. The number of nitrogens with one attached hydrogen (secondary N) is 2. The highest BCUT2D eigenvalue weighted by molar-refractivity contribution is 5.91. The summed E-state index contributed by atoms with van der Waals surface area (Å²) in [5.74, 6) is -0.180. The van der Waals surface area contributed by atoms with Gasteiger partial charge in [-0.25, -0.2) is 4.79 Å². The maximum Gasteiger partial charge on any atom is 0.408 e. The quantitative estimate of drug-likeness (QED) is 0.584. The molecule has 7 nitrogen and oxygen atoms in total. The van der Waals surface area contributed by atoms with E-state index < -0.39 is 17.7 Å². The highest BCUT2D eigenvalue weighted by Crippen LogP contribution is 2.40.